The van der Waals surface area contributed by atoms with E-state index in [4.69, 9.17) is 4.42 Å². The molecular formula is C19H19N3O3S. The van der Waals surface area contributed by atoms with Crippen molar-refractivity contribution < 1.29 is 14.0 Å². The number of carbonyl (C=O) groups is 2. The zero-order valence-electron chi connectivity index (χ0n) is 14.8. The zero-order chi connectivity index (χ0) is 18.7. The number of hydrogen-bond donors (Lipinski definition) is 2. The number of nitrogens with zero attached hydrogens (tertiary/aromatic N) is 1. The number of thiazole rings is 1. The molecule has 0 unspecified atom stereocenters. The van der Waals surface area contributed by atoms with Gasteiger partial charge in [0, 0.05) is 0 Å². The lowest BCUT2D eigenvalue weighted by Crippen LogP contribution is -2.32. The Morgan fingerprint density at radius 1 is 1.15 bits per heavy atom. The highest BCUT2D eigenvalue weighted by atomic mass is 32.1. The molecule has 6 nitrogen and oxygen atoms in total. The highest BCUT2D eigenvalue weighted by molar-refractivity contribution is 7.19. The second kappa shape index (κ2) is 7.53. The van der Waals surface area contributed by atoms with Gasteiger partial charge < -0.3 is 15.1 Å². The van der Waals surface area contributed by atoms with Crippen molar-refractivity contribution in [2.45, 2.75) is 20.8 Å². The van der Waals surface area contributed by atoms with Crippen molar-refractivity contribution in [2.75, 3.05) is 11.9 Å². The molecule has 0 aliphatic carbocycles. The van der Waals surface area contributed by atoms with Gasteiger partial charge >= 0.3 is 0 Å². The van der Waals surface area contributed by atoms with E-state index in [2.05, 4.69) is 15.6 Å². The first-order chi connectivity index (χ1) is 12.4. The molecule has 134 valence electrons. The van der Waals surface area contributed by atoms with Crippen LogP contribution in [0.25, 0.3) is 10.4 Å². The van der Waals surface area contributed by atoms with Crippen LogP contribution in [-0.4, -0.2) is 23.3 Å². The molecule has 0 aliphatic rings. The van der Waals surface area contributed by atoms with Crippen molar-refractivity contribution in [2.24, 2.45) is 0 Å². The monoisotopic (exact) mass is 369 g/mol. The number of anilines is 1. The summed E-state index contributed by atoms with van der Waals surface area (Å²) >= 11 is 1.41. The van der Waals surface area contributed by atoms with Gasteiger partial charge in [0.25, 0.3) is 5.91 Å². The summed E-state index contributed by atoms with van der Waals surface area (Å²) < 4.78 is 5.33. The molecule has 0 fully saturated rings. The summed E-state index contributed by atoms with van der Waals surface area (Å²) in [6, 6.07) is 11.5. The highest BCUT2D eigenvalue weighted by Gasteiger charge is 2.16. The first-order valence-corrected chi connectivity index (χ1v) is 8.93. The minimum absolute atomic E-state index is 0.137. The third-order valence-corrected chi connectivity index (χ3v) is 4.90. The van der Waals surface area contributed by atoms with Gasteiger partial charge in [0.2, 0.25) is 5.91 Å². The summed E-state index contributed by atoms with van der Waals surface area (Å²) in [5.74, 6) is 0.520. The van der Waals surface area contributed by atoms with Crippen molar-refractivity contribution in [1.29, 1.82) is 0 Å². The fourth-order valence-electron chi connectivity index (χ4n) is 2.58. The van der Waals surface area contributed by atoms with E-state index in [1.807, 2.05) is 37.3 Å². The second-order valence-corrected chi connectivity index (χ2v) is 6.86. The Bertz CT molecular complexity index is 944. The normalized spacial score (nSPS) is 10.6. The van der Waals surface area contributed by atoms with Crippen LogP contribution in [0.4, 0.5) is 5.13 Å². The van der Waals surface area contributed by atoms with E-state index >= 15 is 0 Å². The summed E-state index contributed by atoms with van der Waals surface area (Å²) in [5, 5.41) is 5.83. The van der Waals surface area contributed by atoms with Crippen LogP contribution >= 0.6 is 11.3 Å². The molecule has 2 aromatic heterocycles. The maximum absolute atomic E-state index is 12.1. The molecule has 0 aliphatic heterocycles. The van der Waals surface area contributed by atoms with E-state index in [1.165, 1.54) is 11.3 Å². The van der Waals surface area contributed by atoms with Crippen molar-refractivity contribution in [3.8, 4) is 10.4 Å². The smallest absolute Gasteiger partial charge is 0.255 e. The number of amides is 2. The summed E-state index contributed by atoms with van der Waals surface area (Å²) in [6.45, 7) is 5.25. The van der Waals surface area contributed by atoms with E-state index in [0.717, 1.165) is 16.1 Å². The minimum atomic E-state index is -0.338. The van der Waals surface area contributed by atoms with Gasteiger partial charge in [-0.05, 0) is 32.4 Å². The van der Waals surface area contributed by atoms with Crippen LogP contribution in [0.1, 0.15) is 27.6 Å². The fraction of sp³-hybridized carbons (Fsp3) is 0.211. The number of nitrogens with one attached hydrogen (secondary N) is 2. The topological polar surface area (TPSA) is 84.2 Å². The van der Waals surface area contributed by atoms with Crippen molar-refractivity contribution in [3.63, 3.8) is 0 Å². The van der Waals surface area contributed by atoms with Crippen LogP contribution in [0.5, 0.6) is 0 Å². The standard InChI is InChI=1S/C19H19N3O3S/c1-11-9-15(13(3)25-11)18(24)20-10-16(23)22-19-21-12(2)17(26-19)14-7-5-4-6-8-14/h4-9H,10H2,1-3H3,(H,20,24)(H,21,22,23). The van der Waals surface area contributed by atoms with Gasteiger partial charge in [-0.2, -0.15) is 0 Å². The Morgan fingerprint density at radius 3 is 2.54 bits per heavy atom. The Labute approximate surface area is 155 Å². The molecule has 2 heterocycles. The minimum Gasteiger partial charge on any atom is -0.466 e. The van der Waals surface area contributed by atoms with E-state index in [9.17, 15) is 9.59 Å². The van der Waals surface area contributed by atoms with Gasteiger partial charge in [0.05, 0.1) is 22.7 Å². The number of furan rings is 1. The largest absolute Gasteiger partial charge is 0.466 e. The van der Waals surface area contributed by atoms with Gasteiger partial charge in [0.1, 0.15) is 11.5 Å². The Kier molecular flexibility index (Phi) is 5.18. The zero-order valence-corrected chi connectivity index (χ0v) is 15.6. The van der Waals surface area contributed by atoms with Gasteiger partial charge in [-0.1, -0.05) is 41.7 Å². The third kappa shape index (κ3) is 4.00. The quantitative estimate of drug-likeness (QED) is 0.718. The fourth-order valence-corrected chi connectivity index (χ4v) is 3.57. The molecule has 7 heteroatoms. The molecule has 0 bridgehead atoms. The molecule has 26 heavy (non-hydrogen) atoms. The van der Waals surface area contributed by atoms with Crippen LogP contribution < -0.4 is 10.6 Å². The van der Waals surface area contributed by atoms with Crippen LogP contribution in [0.2, 0.25) is 0 Å². The molecule has 2 amide bonds. The summed E-state index contributed by atoms with van der Waals surface area (Å²) in [7, 11) is 0. The van der Waals surface area contributed by atoms with E-state index in [0.29, 0.717) is 22.2 Å². The van der Waals surface area contributed by atoms with Crippen LogP contribution in [-0.2, 0) is 4.79 Å². The number of hydrogen-bond acceptors (Lipinski definition) is 5. The first-order valence-electron chi connectivity index (χ1n) is 8.12. The number of benzene rings is 1. The number of aryl methyl sites for hydroxylation is 3. The summed E-state index contributed by atoms with van der Waals surface area (Å²) in [6.07, 6.45) is 0. The summed E-state index contributed by atoms with van der Waals surface area (Å²) in [5.41, 5.74) is 2.35. The molecule has 0 spiro atoms. The Hall–Kier alpha value is -2.93. The predicted octanol–water partition coefficient (Wildman–Crippen LogP) is 3.70. The second-order valence-electron chi connectivity index (χ2n) is 5.86. The maximum atomic E-state index is 12.1. The highest BCUT2D eigenvalue weighted by Crippen LogP contribution is 2.32. The van der Waals surface area contributed by atoms with E-state index < -0.39 is 0 Å². The lowest BCUT2D eigenvalue weighted by atomic mass is 10.2. The van der Waals surface area contributed by atoms with Crippen molar-refractivity contribution >= 4 is 28.3 Å². The third-order valence-electron chi connectivity index (χ3n) is 3.77. The van der Waals surface area contributed by atoms with E-state index in [-0.39, 0.29) is 18.4 Å². The summed E-state index contributed by atoms with van der Waals surface area (Å²) in [4.78, 5) is 29.6. The molecule has 0 saturated heterocycles. The Balaban J connectivity index is 1.60. The number of rotatable bonds is 5. The van der Waals surface area contributed by atoms with Crippen LogP contribution in [0.3, 0.4) is 0 Å². The molecule has 3 rings (SSSR count). The molecule has 0 saturated carbocycles. The molecule has 3 aromatic rings. The molecule has 2 N–H and O–H groups in total. The molecule has 0 atom stereocenters. The Morgan fingerprint density at radius 2 is 1.88 bits per heavy atom. The van der Waals surface area contributed by atoms with Gasteiger partial charge in [0.15, 0.2) is 5.13 Å². The average molecular weight is 369 g/mol. The van der Waals surface area contributed by atoms with E-state index in [1.54, 1.807) is 19.9 Å². The number of aromatic nitrogens is 1. The molecule has 1 aromatic carbocycles. The van der Waals surface area contributed by atoms with Crippen LogP contribution in [0.15, 0.2) is 40.8 Å². The molecular weight excluding hydrogens is 350 g/mol. The van der Waals surface area contributed by atoms with Gasteiger partial charge in [-0.3, -0.25) is 9.59 Å². The number of carbonyl (C=O) groups excluding carboxylic acids is 2. The first kappa shape index (κ1) is 17.9. The van der Waals surface area contributed by atoms with Crippen LogP contribution in [0, 0.1) is 20.8 Å². The molecule has 0 radical (unpaired) electrons. The SMILES string of the molecule is Cc1cc(C(=O)NCC(=O)Nc2nc(C)c(-c3ccccc3)s2)c(C)o1. The maximum Gasteiger partial charge on any atom is 0.255 e. The van der Waals surface area contributed by atoms with Gasteiger partial charge in [-0.15, -0.1) is 0 Å². The average Bonchev–Trinajstić information content (AvgIpc) is 3.15. The van der Waals surface area contributed by atoms with Crippen molar-refractivity contribution in [1.82, 2.24) is 10.3 Å². The lowest BCUT2D eigenvalue weighted by molar-refractivity contribution is -0.115. The van der Waals surface area contributed by atoms with Gasteiger partial charge in [-0.25, -0.2) is 4.98 Å². The van der Waals surface area contributed by atoms with Crippen molar-refractivity contribution in [3.05, 3.63) is 59.2 Å². The lowest BCUT2D eigenvalue weighted by Gasteiger charge is -2.04. The predicted molar refractivity (Wildman–Crippen MR) is 101 cm³/mol.